The molecule has 0 aromatic carbocycles. The average molecular weight is 242 g/mol. The molecule has 0 atom stereocenters. The highest BCUT2D eigenvalue weighted by Crippen LogP contribution is 2.10. The summed E-state index contributed by atoms with van der Waals surface area (Å²) in [6.45, 7) is 0. The van der Waals surface area contributed by atoms with Gasteiger partial charge in [-0.15, -0.1) is 0 Å². The van der Waals surface area contributed by atoms with Gasteiger partial charge in [-0.05, 0) is 28.1 Å². The first-order valence-corrected chi connectivity index (χ1v) is 4.61. The number of hydrogen-bond donors (Lipinski definition) is 0. The van der Waals surface area contributed by atoms with Crippen LogP contribution in [-0.2, 0) is 4.79 Å². The normalized spacial score (nSPS) is 9.62. The molecule has 0 radical (unpaired) electrons. The van der Waals surface area contributed by atoms with E-state index in [1.807, 2.05) is 0 Å². The van der Waals surface area contributed by atoms with Crippen LogP contribution in [0.4, 0.5) is 0 Å². The molecule has 1 aromatic rings. The van der Waals surface area contributed by atoms with Crippen molar-refractivity contribution in [3.8, 4) is 0 Å². The molecule has 0 aliphatic rings. The van der Waals surface area contributed by atoms with Gasteiger partial charge in [0.1, 0.15) is 10.9 Å². The molecule has 0 spiro atoms. The second kappa shape index (κ2) is 4.87. The van der Waals surface area contributed by atoms with Crippen LogP contribution in [-0.4, -0.2) is 17.1 Å². The molecule has 0 saturated carbocycles. The van der Waals surface area contributed by atoms with Crippen LogP contribution in [0.3, 0.4) is 0 Å². The van der Waals surface area contributed by atoms with Crippen molar-refractivity contribution in [2.75, 3.05) is 0 Å². The van der Waals surface area contributed by atoms with Gasteiger partial charge in [0.15, 0.2) is 5.78 Å². The van der Waals surface area contributed by atoms with E-state index in [-0.39, 0.29) is 18.6 Å². The maximum absolute atomic E-state index is 11.3. The summed E-state index contributed by atoms with van der Waals surface area (Å²) in [6.07, 6.45) is 2.84. The number of carbonyl (C=O) groups excluding carboxylic acids is 2. The molecule has 1 heterocycles. The van der Waals surface area contributed by atoms with Gasteiger partial charge in [0.2, 0.25) is 0 Å². The third kappa shape index (κ3) is 3.06. The molecule has 0 N–H and O–H groups in total. The molecule has 0 aliphatic heterocycles. The summed E-state index contributed by atoms with van der Waals surface area (Å²) in [6, 6.07) is 3.28. The van der Waals surface area contributed by atoms with Gasteiger partial charge in [0.25, 0.3) is 0 Å². The van der Waals surface area contributed by atoms with Gasteiger partial charge in [-0.1, -0.05) is 0 Å². The fraction of sp³-hybridized carbons (Fsp3) is 0.222. The standard InChI is InChI=1S/C9H8BrNO2/c10-9-6-7(3-4-11-9)8(13)2-1-5-12/h3-6H,1-2H2. The van der Waals surface area contributed by atoms with E-state index in [0.29, 0.717) is 10.2 Å². The zero-order valence-corrected chi connectivity index (χ0v) is 8.45. The van der Waals surface area contributed by atoms with Crippen molar-refractivity contribution in [2.24, 2.45) is 0 Å². The van der Waals surface area contributed by atoms with Crippen LogP contribution in [0.25, 0.3) is 0 Å². The third-order valence-corrected chi connectivity index (χ3v) is 1.97. The number of aromatic nitrogens is 1. The number of rotatable bonds is 4. The number of aldehydes is 1. The smallest absolute Gasteiger partial charge is 0.163 e. The molecule has 0 unspecified atom stereocenters. The molecular formula is C9H8BrNO2. The first-order chi connectivity index (χ1) is 6.24. The number of pyridine rings is 1. The molecule has 0 aliphatic carbocycles. The first-order valence-electron chi connectivity index (χ1n) is 3.82. The van der Waals surface area contributed by atoms with Crippen molar-refractivity contribution in [3.05, 3.63) is 28.5 Å². The second-order valence-corrected chi connectivity index (χ2v) is 3.31. The van der Waals surface area contributed by atoms with Crippen molar-refractivity contribution in [1.82, 2.24) is 4.98 Å². The van der Waals surface area contributed by atoms with E-state index < -0.39 is 0 Å². The van der Waals surface area contributed by atoms with Gasteiger partial charge in [-0.3, -0.25) is 4.79 Å². The van der Waals surface area contributed by atoms with Gasteiger partial charge in [-0.2, -0.15) is 0 Å². The number of ketones is 1. The van der Waals surface area contributed by atoms with E-state index in [9.17, 15) is 9.59 Å². The lowest BCUT2D eigenvalue weighted by Crippen LogP contribution is -1.99. The van der Waals surface area contributed by atoms with E-state index in [1.165, 1.54) is 0 Å². The predicted molar refractivity (Wildman–Crippen MR) is 51.6 cm³/mol. The highest BCUT2D eigenvalue weighted by atomic mass is 79.9. The van der Waals surface area contributed by atoms with Crippen LogP contribution in [0.1, 0.15) is 23.2 Å². The number of nitrogens with zero attached hydrogens (tertiary/aromatic N) is 1. The quantitative estimate of drug-likeness (QED) is 0.461. The summed E-state index contributed by atoms with van der Waals surface area (Å²) in [7, 11) is 0. The van der Waals surface area contributed by atoms with Crippen LogP contribution in [0.5, 0.6) is 0 Å². The molecule has 0 amide bonds. The Bertz CT molecular complexity index is 325. The molecule has 68 valence electrons. The number of hydrogen-bond acceptors (Lipinski definition) is 3. The fourth-order valence-corrected chi connectivity index (χ4v) is 1.28. The van der Waals surface area contributed by atoms with E-state index in [4.69, 9.17) is 0 Å². The monoisotopic (exact) mass is 241 g/mol. The van der Waals surface area contributed by atoms with Gasteiger partial charge in [0.05, 0.1) is 0 Å². The lowest BCUT2D eigenvalue weighted by Gasteiger charge is -1.97. The summed E-state index contributed by atoms with van der Waals surface area (Å²) >= 11 is 3.17. The second-order valence-electron chi connectivity index (χ2n) is 2.50. The highest BCUT2D eigenvalue weighted by Gasteiger charge is 2.05. The van der Waals surface area contributed by atoms with Crippen LogP contribution in [0.15, 0.2) is 22.9 Å². The lowest BCUT2D eigenvalue weighted by atomic mass is 10.1. The average Bonchev–Trinajstić information content (AvgIpc) is 2.14. The minimum atomic E-state index is -0.0322. The number of Topliss-reactive ketones (excluding diaryl/α,β-unsaturated/α-hetero) is 1. The summed E-state index contributed by atoms with van der Waals surface area (Å²) < 4.78 is 0.629. The molecule has 3 nitrogen and oxygen atoms in total. The maximum atomic E-state index is 11.3. The third-order valence-electron chi connectivity index (χ3n) is 1.54. The zero-order chi connectivity index (χ0) is 9.68. The summed E-state index contributed by atoms with van der Waals surface area (Å²) in [5.74, 6) is -0.0322. The topological polar surface area (TPSA) is 47.0 Å². The fourth-order valence-electron chi connectivity index (χ4n) is 0.910. The van der Waals surface area contributed by atoms with Crippen LogP contribution < -0.4 is 0 Å². The van der Waals surface area contributed by atoms with Gasteiger partial charge >= 0.3 is 0 Å². The van der Waals surface area contributed by atoms with Crippen molar-refractivity contribution < 1.29 is 9.59 Å². The number of halogens is 1. The minimum absolute atomic E-state index is 0.0322. The molecule has 1 rings (SSSR count). The maximum Gasteiger partial charge on any atom is 0.163 e. The molecule has 4 heteroatoms. The van der Waals surface area contributed by atoms with E-state index in [1.54, 1.807) is 18.3 Å². The van der Waals surface area contributed by atoms with E-state index in [2.05, 4.69) is 20.9 Å². The van der Waals surface area contributed by atoms with Crippen molar-refractivity contribution in [2.45, 2.75) is 12.8 Å². The minimum Gasteiger partial charge on any atom is -0.303 e. The Hall–Kier alpha value is -1.03. The Morgan fingerprint density at radius 3 is 3.00 bits per heavy atom. The van der Waals surface area contributed by atoms with Gasteiger partial charge in [-0.25, -0.2) is 4.98 Å². The van der Waals surface area contributed by atoms with Crippen LogP contribution >= 0.6 is 15.9 Å². The Balaban J connectivity index is 2.71. The Morgan fingerprint density at radius 1 is 1.62 bits per heavy atom. The van der Waals surface area contributed by atoms with Crippen molar-refractivity contribution in [1.29, 1.82) is 0 Å². The Labute approximate surface area is 84.3 Å². The Morgan fingerprint density at radius 2 is 2.38 bits per heavy atom. The predicted octanol–water partition coefficient (Wildman–Crippen LogP) is 2.01. The number of carbonyl (C=O) groups is 2. The molecule has 1 aromatic heterocycles. The summed E-state index contributed by atoms with van der Waals surface area (Å²) in [5.41, 5.74) is 0.587. The Kier molecular flexibility index (Phi) is 3.76. The van der Waals surface area contributed by atoms with E-state index >= 15 is 0 Å². The van der Waals surface area contributed by atoms with Crippen molar-refractivity contribution in [3.63, 3.8) is 0 Å². The summed E-state index contributed by atoms with van der Waals surface area (Å²) in [5, 5.41) is 0. The van der Waals surface area contributed by atoms with Crippen molar-refractivity contribution >= 4 is 28.0 Å². The van der Waals surface area contributed by atoms with Gasteiger partial charge in [0, 0.05) is 24.6 Å². The van der Waals surface area contributed by atoms with Gasteiger partial charge < -0.3 is 4.79 Å². The lowest BCUT2D eigenvalue weighted by molar-refractivity contribution is -0.107. The highest BCUT2D eigenvalue weighted by molar-refractivity contribution is 9.10. The molecule has 0 fully saturated rings. The molecular weight excluding hydrogens is 234 g/mol. The summed E-state index contributed by atoms with van der Waals surface area (Å²) in [4.78, 5) is 25.3. The zero-order valence-electron chi connectivity index (χ0n) is 6.87. The first kappa shape index (κ1) is 10.1. The molecule has 0 saturated heterocycles. The SMILES string of the molecule is O=CCCC(=O)c1ccnc(Br)c1. The van der Waals surface area contributed by atoms with Crippen LogP contribution in [0.2, 0.25) is 0 Å². The van der Waals surface area contributed by atoms with E-state index in [0.717, 1.165) is 6.29 Å². The van der Waals surface area contributed by atoms with Crippen LogP contribution in [0, 0.1) is 0 Å². The molecule has 13 heavy (non-hydrogen) atoms. The largest absolute Gasteiger partial charge is 0.303 e. The molecule has 0 bridgehead atoms.